The Labute approximate surface area is 86.8 Å². The summed E-state index contributed by atoms with van der Waals surface area (Å²) in [4.78, 5) is 15.5. The van der Waals surface area contributed by atoms with E-state index in [4.69, 9.17) is 4.74 Å². The summed E-state index contributed by atoms with van der Waals surface area (Å²) >= 11 is 0. The maximum absolute atomic E-state index is 11.1. The van der Waals surface area contributed by atoms with Crippen LogP contribution in [0.2, 0.25) is 0 Å². The molecule has 0 spiro atoms. The zero-order chi connectivity index (χ0) is 9.68. The molecular weight excluding hydrogens is 180 g/mol. The number of rotatable bonds is 3. The summed E-state index contributed by atoms with van der Waals surface area (Å²) in [6, 6.07) is 0. The molecule has 0 aromatic heterocycles. The zero-order valence-corrected chi connectivity index (χ0v) is 8.45. The van der Waals surface area contributed by atoms with Crippen LogP contribution in [0.15, 0.2) is 0 Å². The van der Waals surface area contributed by atoms with Crippen LogP contribution in [0, 0.1) is 0 Å². The van der Waals surface area contributed by atoms with Crippen molar-refractivity contribution in [1.82, 2.24) is 9.80 Å². The van der Waals surface area contributed by atoms with Gasteiger partial charge in [-0.25, -0.2) is 0 Å². The Morgan fingerprint density at radius 1 is 1.29 bits per heavy atom. The molecule has 0 aromatic rings. The highest BCUT2D eigenvalue weighted by molar-refractivity contribution is 5.71. The van der Waals surface area contributed by atoms with Crippen molar-refractivity contribution in [2.75, 3.05) is 46.4 Å². The topological polar surface area (TPSA) is 32.8 Å². The van der Waals surface area contributed by atoms with E-state index in [0.29, 0.717) is 13.2 Å². The fraction of sp³-hybridized carbons (Fsp3) is 0.900. The minimum Gasteiger partial charge on any atom is -0.465 e. The average Bonchev–Trinajstić information content (AvgIpc) is 2.09. The van der Waals surface area contributed by atoms with Gasteiger partial charge in [-0.05, 0) is 14.0 Å². The molecule has 1 aliphatic rings. The Morgan fingerprint density at radius 2 is 1.86 bits per heavy atom. The predicted molar refractivity (Wildman–Crippen MR) is 57.3 cm³/mol. The first-order chi connectivity index (χ1) is 6.22. The fourth-order valence-electron chi connectivity index (χ4n) is 1.40. The quantitative estimate of drug-likeness (QED) is 0.621. The van der Waals surface area contributed by atoms with Gasteiger partial charge in [0.1, 0.15) is 0 Å². The lowest BCUT2D eigenvalue weighted by atomic mass is 10.3. The molecule has 1 heterocycles. The molecule has 0 aliphatic carbocycles. The van der Waals surface area contributed by atoms with Crippen LogP contribution in [0.3, 0.4) is 0 Å². The molecule has 0 amide bonds. The minimum absolute atomic E-state index is 0. The van der Waals surface area contributed by atoms with E-state index in [1.165, 1.54) is 0 Å². The van der Waals surface area contributed by atoms with Crippen molar-refractivity contribution in [2.24, 2.45) is 0 Å². The smallest absolute Gasteiger partial charge is 0.320 e. The largest absolute Gasteiger partial charge is 0.465 e. The van der Waals surface area contributed by atoms with Crippen molar-refractivity contribution in [1.29, 1.82) is 0 Å². The molecule has 0 bridgehead atoms. The Balaban J connectivity index is 0.00000169. The number of nitrogens with zero attached hydrogens (tertiary/aromatic N) is 2. The van der Waals surface area contributed by atoms with Gasteiger partial charge < -0.3 is 9.64 Å². The standard InChI is InChI=1S/C9H18N2O2.CH4/c1-3-13-9(12)8-11-6-4-10(2)5-7-11;/h3-8H2,1-2H3;1H4. The van der Waals surface area contributed by atoms with Gasteiger partial charge in [0.15, 0.2) is 0 Å². The first-order valence-electron chi connectivity index (χ1n) is 4.79. The molecule has 1 rings (SSSR count). The third-order valence-corrected chi connectivity index (χ3v) is 2.25. The molecule has 0 radical (unpaired) electrons. The highest BCUT2D eigenvalue weighted by Crippen LogP contribution is 1.98. The van der Waals surface area contributed by atoms with E-state index >= 15 is 0 Å². The number of ether oxygens (including phenoxy) is 1. The summed E-state index contributed by atoms with van der Waals surface area (Å²) in [7, 11) is 2.10. The number of hydrogen-bond acceptors (Lipinski definition) is 4. The van der Waals surface area contributed by atoms with E-state index in [2.05, 4.69) is 16.8 Å². The van der Waals surface area contributed by atoms with Gasteiger partial charge >= 0.3 is 5.97 Å². The first-order valence-corrected chi connectivity index (χ1v) is 4.79. The van der Waals surface area contributed by atoms with Gasteiger partial charge in [-0.3, -0.25) is 9.69 Å². The molecular formula is C10H22N2O2. The molecule has 1 aliphatic heterocycles. The Kier molecular flexibility index (Phi) is 6.49. The van der Waals surface area contributed by atoms with Crippen molar-refractivity contribution in [2.45, 2.75) is 14.4 Å². The second-order valence-electron chi connectivity index (χ2n) is 3.38. The highest BCUT2D eigenvalue weighted by atomic mass is 16.5. The van der Waals surface area contributed by atoms with E-state index < -0.39 is 0 Å². The van der Waals surface area contributed by atoms with E-state index in [9.17, 15) is 4.79 Å². The van der Waals surface area contributed by atoms with Crippen LogP contribution in [0.25, 0.3) is 0 Å². The zero-order valence-electron chi connectivity index (χ0n) is 8.45. The maximum atomic E-state index is 11.1. The van der Waals surface area contributed by atoms with Gasteiger partial charge in [0.25, 0.3) is 0 Å². The number of esters is 1. The third-order valence-electron chi connectivity index (χ3n) is 2.25. The molecule has 1 saturated heterocycles. The molecule has 0 unspecified atom stereocenters. The summed E-state index contributed by atoms with van der Waals surface area (Å²) in [5.74, 6) is -0.105. The molecule has 1 fully saturated rings. The predicted octanol–water partition coefficient (Wildman–Crippen LogP) is 0.433. The van der Waals surface area contributed by atoms with Crippen LogP contribution in [0.1, 0.15) is 14.4 Å². The van der Waals surface area contributed by atoms with Crippen LogP contribution < -0.4 is 0 Å². The van der Waals surface area contributed by atoms with Crippen LogP contribution in [0.4, 0.5) is 0 Å². The van der Waals surface area contributed by atoms with Crippen molar-refractivity contribution in [3.8, 4) is 0 Å². The van der Waals surface area contributed by atoms with Crippen molar-refractivity contribution < 1.29 is 9.53 Å². The van der Waals surface area contributed by atoms with E-state index in [0.717, 1.165) is 26.2 Å². The van der Waals surface area contributed by atoms with E-state index in [1.54, 1.807) is 0 Å². The molecule has 0 atom stereocenters. The first kappa shape index (κ1) is 13.4. The lowest BCUT2D eigenvalue weighted by molar-refractivity contribution is -0.144. The van der Waals surface area contributed by atoms with Gasteiger partial charge in [-0.2, -0.15) is 0 Å². The summed E-state index contributed by atoms with van der Waals surface area (Å²) in [6.07, 6.45) is 0. The fourth-order valence-corrected chi connectivity index (χ4v) is 1.40. The summed E-state index contributed by atoms with van der Waals surface area (Å²) in [5, 5.41) is 0. The third kappa shape index (κ3) is 4.58. The second kappa shape index (κ2) is 6.79. The Bertz CT molecular complexity index is 166. The van der Waals surface area contributed by atoms with Gasteiger partial charge in [-0.1, -0.05) is 7.43 Å². The SMILES string of the molecule is C.CCOC(=O)CN1CCN(C)CC1. The molecule has 0 saturated carbocycles. The number of hydrogen-bond donors (Lipinski definition) is 0. The van der Waals surface area contributed by atoms with Gasteiger partial charge in [0.2, 0.25) is 0 Å². The van der Waals surface area contributed by atoms with Crippen molar-refractivity contribution in [3.05, 3.63) is 0 Å². The van der Waals surface area contributed by atoms with Crippen LogP contribution in [0.5, 0.6) is 0 Å². The summed E-state index contributed by atoms with van der Waals surface area (Å²) in [5.41, 5.74) is 0. The Morgan fingerprint density at radius 3 is 2.36 bits per heavy atom. The molecule has 4 heteroatoms. The number of carbonyl (C=O) groups excluding carboxylic acids is 1. The van der Waals surface area contributed by atoms with Crippen molar-refractivity contribution in [3.63, 3.8) is 0 Å². The number of likely N-dealkylation sites (N-methyl/N-ethyl adjacent to an activating group) is 1. The summed E-state index contributed by atoms with van der Waals surface area (Å²) < 4.78 is 4.88. The minimum atomic E-state index is -0.105. The Hall–Kier alpha value is -0.610. The van der Waals surface area contributed by atoms with E-state index in [1.807, 2.05) is 6.92 Å². The second-order valence-corrected chi connectivity index (χ2v) is 3.38. The normalized spacial score (nSPS) is 18.7. The lowest BCUT2D eigenvalue weighted by Crippen LogP contribution is -2.46. The molecule has 84 valence electrons. The van der Waals surface area contributed by atoms with Gasteiger partial charge in [-0.15, -0.1) is 0 Å². The molecule has 4 nitrogen and oxygen atoms in total. The number of carbonyl (C=O) groups is 1. The highest BCUT2D eigenvalue weighted by Gasteiger charge is 2.16. The summed E-state index contributed by atoms with van der Waals surface area (Å²) in [6.45, 7) is 6.78. The van der Waals surface area contributed by atoms with Gasteiger partial charge in [0.05, 0.1) is 13.2 Å². The van der Waals surface area contributed by atoms with Crippen molar-refractivity contribution >= 4 is 5.97 Å². The van der Waals surface area contributed by atoms with Crippen LogP contribution in [-0.4, -0.2) is 62.1 Å². The maximum Gasteiger partial charge on any atom is 0.320 e. The lowest BCUT2D eigenvalue weighted by Gasteiger charge is -2.31. The molecule has 0 N–H and O–H groups in total. The number of piperazine rings is 1. The average molecular weight is 202 g/mol. The van der Waals surface area contributed by atoms with Crippen LogP contribution >= 0.6 is 0 Å². The van der Waals surface area contributed by atoms with Crippen LogP contribution in [-0.2, 0) is 9.53 Å². The van der Waals surface area contributed by atoms with E-state index in [-0.39, 0.29) is 13.4 Å². The monoisotopic (exact) mass is 202 g/mol. The molecule has 14 heavy (non-hydrogen) atoms. The molecule has 0 aromatic carbocycles. The van der Waals surface area contributed by atoms with Gasteiger partial charge in [0, 0.05) is 26.2 Å².